The number of rotatable bonds is 4. The average Bonchev–Trinajstić information content (AvgIpc) is 2.55. The monoisotopic (exact) mass is 303 g/mol. The fourth-order valence-corrected chi connectivity index (χ4v) is 2.99. The number of nitrogens with zero attached hydrogens (tertiary/aromatic N) is 2. The Bertz CT molecular complexity index is 503. The molecule has 1 aromatic rings. The molecule has 0 aliphatic carbocycles. The van der Waals surface area contributed by atoms with Crippen LogP contribution in [0.5, 0.6) is 0 Å². The predicted molar refractivity (Wildman–Crippen MR) is 92.6 cm³/mol. The van der Waals surface area contributed by atoms with Crippen molar-refractivity contribution < 1.29 is 4.79 Å². The van der Waals surface area contributed by atoms with E-state index in [1.165, 1.54) is 16.8 Å². The van der Waals surface area contributed by atoms with E-state index in [0.29, 0.717) is 6.04 Å². The Morgan fingerprint density at radius 1 is 1.14 bits per heavy atom. The van der Waals surface area contributed by atoms with Crippen LogP contribution in [0.15, 0.2) is 18.2 Å². The third kappa shape index (κ3) is 3.73. The van der Waals surface area contributed by atoms with Gasteiger partial charge in [-0.15, -0.1) is 0 Å². The highest BCUT2D eigenvalue weighted by molar-refractivity contribution is 5.75. The Hall–Kier alpha value is -1.71. The quantitative estimate of drug-likeness (QED) is 0.926. The summed E-state index contributed by atoms with van der Waals surface area (Å²) in [4.78, 5) is 16.6. The molecule has 1 N–H and O–H groups in total. The van der Waals surface area contributed by atoms with Crippen LogP contribution in [0.1, 0.15) is 37.8 Å². The molecule has 1 fully saturated rings. The van der Waals surface area contributed by atoms with E-state index in [1.807, 2.05) is 4.90 Å². The summed E-state index contributed by atoms with van der Waals surface area (Å²) in [6.45, 7) is 12.0. The summed E-state index contributed by atoms with van der Waals surface area (Å²) < 4.78 is 0. The summed E-state index contributed by atoms with van der Waals surface area (Å²) in [5.41, 5.74) is 3.98. The highest BCUT2D eigenvalue weighted by Gasteiger charge is 2.23. The molecule has 4 heteroatoms. The molecule has 1 heterocycles. The lowest BCUT2D eigenvalue weighted by Crippen LogP contribution is -2.53. The molecule has 0 spiro atoms. The number of hydrogen-bond donors (Lipinski definition) is 1. The summed E-state index contributed by atoms with van der Waals surface area (Å²) in [5.74, 6) is 0. The first-order valence-electron chi connectivity index (χ1n) is 8.43. The minimum atomic E-state index is 0.0920. The summed E-state index contributed by atoms with van der Waals surface area (Å²) in [6.07, 6.45) is 1.98. The Morgan fingerprint density at radius 2 is 1.77 bits per heavy atom. The van der Waals surface area contributed by atoms with Gasteiger partial charge in [-0.1, -0.05) is 26.0 Å². The van der Waals surface area contributed by atoms with E-state index in [4.69, 9.17) is 0 Å². The van der Waals surface area contributed by atoms with E-state index in [2.05, 4.69) is 56.1 Å². The van der Waals surface area contributed by atoms with Crippen LogP contribution >= 0.6 is 0 Å². The third-order valence-corrected chi connectivity index (χ3v) is 4.80. The summed E-state index contributed by atoms with van der Waals surface area (Å²) in [6, 6.07) is 6.84. The molecule has 1 aliphatic rings. The maximum atomic E-state index is 12.3. The Labute approximate surface area is 134 Å². The van der Waals surface area contributed by atoms with Gasteiger partial charge in [0.05, 0.1) is 0 Å². The number of carbonyl (C=O) groups excluding carboxylic acids is 1. The van der Waals surface area contributed by atoms with Crippen molar-refractivity contribution in [2.75, 3.05) is 31.1 Å². The van der Waals surface area contributed by atoms with Crippen LogP contribution in [0, 0.1) is 13.8 Å². The average molecular weight is 303 g/mol. The largest absolute Gasteiger partial charge is 0.368 e. The number of nitrogens with one attached hydrogen (secondary N) is 1. The second kappa shape index (κ2) is 7.52. The van der Waals surface area contributed by atoms with Crippen molar-refractivity contribution in [3.05, 3.63) is 29.3 Å². The highest BCUT2D eigenvalue weighted by atomic mass is 16.2. The van der Waals surface area contributed by atoms with E-state index >= 15 is 0 Å². The minimum Gasteiger partial charge on any atom is -0.368 e. The molecular formula is C18H29N3O. The zero-order chi connectivity index (χ0) is 16.1. The lowest BCUT2D eigenvalue weighted by Gasteiger charge is -2.37. The van der Waals surface area contributed by atoms with Crippen molar-refractivity contribution in [1.29, 1.82) is 0 Å². The number of urea groups is 1. The van der Waals surface area contributed by atoms with Gasteiger partial charge in [0.15, 0.2) is 0 Å². The Kier molecular flexibility index (Phi) is 5.69. The van der Waals surface area contributed by atoms with Crippen LogP contribution in [-0.4, -0.2) is 43.2 Å². The highest BCUT2D eigenvalue weighted by Crippen LogP contribution is 2.23. The smallest absolute Gasteiger partial charge is 0.317 e. The minimum absolute atomic E-state index is 0.0920. The van der Waals surface area contributed by atoms with E-state index in [9.17, 15) is 4.79 Å². The van der Waals surface area contributed by atoms with Gasteiger partial charge in [-0.05, 0) is 43.9 Å². The lowest BCUT2D eigenvalue weighted by atomic mass is 10.1. The maximum absolute atomic E-state index is 12.3. The van der Waals surface area contributed by atoms with Crippen LogP contribution in [0.4, 0.5) is 10.5 Å². The van der Waals surface area contributed by atoms with Crippen molar-refractivity contribution in [1.82, 2.24) is 10.2 Å². The van der Waals surface area contributed by atoms with E-state index in [0.717, 1.165) is 39.0 Å². The molecule has 0 bridgehead atoms. The normalized spacial score (nSPS) is 15.3. The van der Waals surface area contributed by atoms with Crippen LogP contribution in [0.3, 0.4) is 0 Å². The van der Waals surface area contributed by atoms with Gasteiger partial charge in [0.25, 0.3) is 0 Å². The van der Waals surface area contributed by atoms with Crippen LogP contribution in [-0.2, 0) is 0 Å². The molecule has 0 aromatic heterocycles. The van der Waals surface area contributed by atoms with Gasteiger partial charge >= 0.3 is 6.03 Å². The maximum Gasteiger partial charge on any atom is 0.317 e. The molecule has 4 nitrogen and oxygen atoms in total. The molecule has 22 heavy (non-hydrogen) atoms. The van der Waals surface area contributed by atoms with Crippen LogP contribution in [0.2, 0.25) is 0 Å². The third-order valence-electron chi connectivity index (χ3n) is 4.80. The second-order valence-electron chi connectivity index (χ2n) is 6.16. The zero-order valence-corrected chi connectivity index (χ0v) is 14.4. The number of amides is 2. The van der Waals surface area contributed by atoms with E-state index < -0.39 is 0 Å². The molecule has 1 aromatic carbocycles. The Balaban J connectivity index is 1.93. The number of piperazine rings is 1. The molecule has 1 aliphatic heterocycles. The van der Waals surface area contributed by atoms with Gasteiger partial charge in [-0.2, -0.15) is 0 Å². The predicted octanol–water partition coefficient (Wildman–Crippen LogP) is 3.32. The van der Waals surface area contributed by atoms with Gasteiger partial charge in [-0.25, -0.2) is 4.79 Å². The molecular weight excluding hydrogens is 274 g/mol. The van der Waals surface area contributed by atoms with Gasteiger partial charge in [0, 0.05) is 37.9 Å². The second-order valence-corrected chi connectivity index (χ2v) is 6.16. The molecule has 122 valence electrons. The number of carbonyl (C=O) groups is 1. The SMILES string of the molecule is CCC(CC)NC(=O)N1CCN(c2cccc(C)c2C)CC1. The number of benzene rings is 1. The van der Waals surface area contributed by atoms with Crippen molar-refractivity contribution >= 4 is 11.7 Å². The first-order valence-corrected chi connectivity index (χ1v) is 8.43. The number of anilines is 1. The van der Waals surface area contributed by atoms with E-state index in [1.54, 1.807) is 0 Å². The summed E-state index contributed by atoms with van der Waals surface area (Å²) in [7, 11) is 0. The van der Waals surface area contributed by atoms with Crippen LogP contribution < -0.4 is 10.2 Å². The van der Waals surface area contributed by atoms with Crippen molar-refractivity contribution in [3.8, 4) is 0 Å². The summed E-state index contributed by atoms with van der Waals surface area (Å²) >= 11 is 0. The lowest BCUT2D eigenvalue weighted by molar-refractivity contribution is 0.189. The van der Waals surface area contributed by atoms with Crippen molar-refractivity contribution in [2.24, 2.45) is 0 Å². The summed E-state index contributed by atoms with van der Waals surface area (Å²) in [5, 5.41) is 3.13. The van der Waals surface area contributed by atoms with Gasteiger partial charge < -0.3 is 15.1 Å². The fraction of sp³-hybridized carbons (Fsp3) is 0.611. The van der Waals surface area contributed by atoms with Gasteiger partial charge in [0.1, 0.15) is 0 Å². The number of hydrogen-bond acceptors (Lipinski definition) is 2. The Morgan fingerprint density at radius 3 is 2.36 bits per heavy atom. The number of aryl methyl sites for hydroxylation is 1. The standard InChI is InChI=1S/C18H29N3O/c1-5-16(6-2)19-18(22)21-12-10-20(11-13-21)17-9-7-8-14(3)15(17)4/h7-9,16H,5-6,10-13H2,1-4H3,(H,19,22). The molecule has 0 saturated carbocycles. The van der Waals surface area contributed by atoms with Crippen LogP contribution in [0.25, 0.3) is 0 Å². The van der Waals surface area contributed by atoms with E-state index in [-0.39, 0.29) is 6.03 Å². The molecule has 0 atom stereocenters. The first-order chi connectivity index (χ1) is 10.6. The van der Waals surface area contributed by atoms with Crippen molar-refractivity contribution in [2.45, 2.75) is 46.6 Å². The fourth-order valence-electron chi connectivity index (χ4n) is 2.99. The van der Waals surface area contributed by atoms with Crippen molar-refractivity contribution in [3.63, 3.8) is 0 Å². The first kappa shape index (κ1) is 16.7. The molecule has 0 radical (unpaired) electrons. The molecule has 0 unspecified atom stereocenters. The van der Waals surface area contributed by atoms with Gasteiger partial charge in [0.2, 0.25) is 0 Å². The molecule has 1 saturated heterocycles. The van der Waals surface area contributed by atoms with Gasteiger partial charge in [-0.3, -0.25) is 0 Å². The molecule has 2 rings (SSSR count). The zero-order valence-electron chi connectivity index (χ0n) is 14.4. The topological polar surface area (TPSA) is 35.6 Å². The molecule has 2 amide bonds.